The number of benzene rings is 3. The zero-order valence-corrected chi connectivity index (χ0v) is 25.7. The van der Waals surface area contributed by atoms with Gasteiger partial charge in [0.15, 0.2) is 0 Å². The Bertz CT molecular complexity index is 1630. The van der Waals surface area contributed by atoms with Gasteiger partial charge in [-0.25, -0.2) is 14.1 Å². The van der Waals surface area contributed by atoms with E-state index in [1.165, 1.54) is 54.3 Å². The normalized spacial score (nSPS) is 18.4. The van der Waals surface area contributed by atoms with E-state index in [2.05, 4.69) is 34.1 Å². The summed E-state index contributed by atoms with van der Waals surface area (Å²) in [6.45, 7) is 6.65. The average Bonchev–Trinajstić information content (AvgIpc) is 3.64. The van der Waals surface area contributed by atoms with E-state index in [1.807, 2.05) is 13.0 Å². The molecule has 1 spiro atoms. The summed E-state index contributed by atoms with van der Waals surface area (Å²) in [7, 11) is 1.47. The third kappa shape index (κ3) is 5.16. The molecule has 10 heteroatoms. The van der Waals surface area contributed by atoms with Crippen LogP contribution >= 0.6 is 11.6 Å². The molecule has 0 unspecified atom stereocenters. The number of hydrogen-bond donors (Lipinski definition) is 0. The van der Waals surface area contributed by atoms with Crippen molar-refractivity contribution in [3.8, 4) is 22.9 Å². The Morgan fingerprint density at radius 1 is 1.00 bits per heavy atom. The van der Waals surface area contributed by atoms with E-state index in [0.29, 0.717) is 49.4 Å². The number of piperidine rings is 1. The van der Waals surface area contributed by atoms with Gasteiger partial charge in [0.2, 0.25) is 0 Å². The number of likely N-dealkylation sites (N-methyl/N-ethyl adjacent to an activating group) is 1. The molecule has 0 aliphatic carbocycles. The van der Waals surface area contributed by atoms with Crippen LogP contribution in [0.4, 0.5) is 20.6 Å². The second-order valence-electron chi connectivity index (χ2n) is 11.6. The molecule has 6 rings (SSSR count). The maximum absolute atomic E-state index is 14.2. The smallest absolute Gasteiger partial charge is 0.332 e. The van der Waals surface area contributed by atoms with Gasteiger partial charge in [-0.2, -0.15) is 5.26 Å². The SMILES string of the molecule is CCN1C(=O)N(c2cc(OC)c(-c3ccc(F)c(C#N)c3)cc2Cl)C(=O)C12CCN(Cc1ccc(N3CCCC3)cc1)CC2. The number of likely N-dealkylation sites (tertiary alicyclic amines) is 1. The molecule has 3 saturated heterocycles. The maximum Gasteiger partial charge on any atom is 0.332 e. The molecule has 3 heterocycles. The van der Waals surface area contributed by atoms with Crippen molar-refractivity contribution in [1.29, 1.82) is 5.26 Å². The number of rotatable bonds is 7. The van der Waals surface area contributed by atoms with Crippen molar-refractivity contribution in [3.63, 3.8) is 0 Å². The van der Waals surface area contributed by atoms with Crippen LogP contribution in [0.1, 0.15) is 43.7 Å². The summed E-state index contributed by atoms with van der Waals surface area (Å²) in [4.78, 5) is 35.6. The first-order valence-corrected chi connectivity index (χ1v) is 15.5. The van der Waals surface area contributed by atoms with Gasteiger partial charge in [-0.15, -0.1) is 0 Å². The zero-order valence-electron chi connectivity index (χ0n) is 25.0. The summed E-state index contributed by atoms with van der Waals surface area (Å²) in [5, 5.41) is 9.46. The fourth-order valence-corrected chi connectivity index (χ4v) is 7.11. The third-order valence-electron chi connectivity index (χ3n) is 9.26. The second kappa shape index (κ2) is 12.1. The van der Waals surface area contributed by atoms with E-state index in [4.69, 9.17) is 16.3 Å². The lowest BCUT2D eigenvalue weighted by atomic mass is 9.85. The number of amides is 3. The predicted molar refractivity (Wildman–Crippen MR) is 169 cm³/mol. The molecule has 0 atom stereocenters. The van der Waals surface area contributed by atoms with Crippen molar-refractivity contribution in [2.75, 3.05) is 49.6 Å². The first-order valence-electron chi connectivity index (χ1n) is 15.1. The van der Waals surface area contributed by atoms with E-state index < -0.39 is 17.4 Å². The summed E-state index contributed by atoms with van der Waals surface area (Å²) in [6, 6.07) is 17.5. The highest BCUT2D eigenvalue weighted by Crippen LogP contribution is 2.45. The number of imide groups is 1. The molecule has 3 aliphatic heterocycles. The number of hydrogen-bond acceptors (Lipinski definition) is 6. The average molecular weight is 616 g/mol. The largest absolute Gasteiger partial charge is 0.496 e. The number of carbonyl (C=O) groups excluding carboxylic acids is 2. The Morgan fingerprint density at radius 3 is 2.34 bits per heavy atom. The second-order valence-corrected chi connectivity index (χ2v) is 12.1. The van der Waals surface area contributed by atoms with Gasteiger partial charge in [0.05, 0.1) is 23.4 Å². The topological polar surface area (TPSA) is 80.1 Å². The molecule has 228 valence electrons. The van der Waals surface area contributed by atoms with Gasteiger partial charge in [0.25, 0.3) is 5.91 Å². The summed E-state index contributed by atoms with van der Waals surface area (Å²) in [6.07, 6.45) is 3.53. The van der Waals surface area contributed by atoms with Crippen molar-refractivity contribution < 1.29 is 18.7 Å². The quantitative estimate of drug-likeness (QED) is 0.284. The minimum atomic E-state index is -0.949. The van der Waals surface area contributed by atoms with Crippen molar-refractivity contribution in [3.05, 3.63) is 76.6 Å². The van der Waals surface area contributed by atoms with Gasteiger partial charge >= 0.3 is 6.03 Å². The van der Waals surface area contributed by atoms with Crippen LogP contribution in [0.2, 0.25) is 5.02 Å². The minimum absolute atomic E-state index is 0.111. The van der Waals surface area contributed by atoms with Crippen LogP contribution in [0.25, 0.3) is 11.1 Å². The van der Waals surface area contributed by atoms with Gasteiger partial charge in [-0.1, -0.05) is 29.8 Å². The number of carbonyl (C=O) groups is 2. The first-order chi connectivity index (χ1) is 21.3. The Morgan fingerprint density at radius 2 is 1.70 bits per heavy atom. The van der Waals surface area contributed by atoms with Gasteiger partial charge in [0.1, 0.15) is 23.2 Å². The van der Waals surface area contributed by atoms with Gasteiger partial charge in [0, 0.05) is 56.6 Å². The van der Waals surface area contributed by atoms with E-state index in [9.17, 15) is 19.2 Å². The monoisotopic (exact) mass is 615 g/mol. The van der Waals surface area contributed by atoms with Crippen molar-refractivity contribution >= 4 is 34.9 Å². The molecule has 3 amide bonds. The van der Waals surface area contributed by atoms with E-state index in [-0.39, 0.29) is 22.2 Å². The fraction of sp³-hybridized carbons (Fsp3) is 0.382. The number of halogens is 2. The van der Waals surface area contributed by atoms with Crippen LogP contribution in [-0.4, -0.2) is 67.1 Å². The number of methoxy groups -OCH3 is 1. The molecule has 8 nitrogen and oxygen atoms in total. The zero-order chi connectivity index (χ0) is 31.0. The molecule has 0 N–H and O–H groups in total. The van der Waals surface area contributed by atoms with E-state index in [0.717, 1.165) is 19.6 Å². The van der Waals surface area contributed by atoms with Crippen LogP contribution in [0, 0.1) is 17.1 Å². The van der Waals surface area contributed by atoms with Gasteiger partial charge in [-0.3, -0.25) is 9.69 Å². The van der Waals surface area contributed by atoms with E-state index in [1.54, 1.807) is 17.0 Å². The molecule has 0 aromatic heterocycles. The molecule has 3 aromatic rings. The fourth-order valence-electron chi connectivity index (χ4n) is 6.86. The predicted octanol–water partition coefficient (Wildman–Crippen LogP) is 6.45. The molecule has 3 aliphatic rings. The molecule has 3 fully saturated rings. The molecule has 0 bridgehead atoms. The molecule has 0 saturated carbocycles. The molecular weight excluding hydrogens is 581 g/mol. The summed E-state index contributed by atoms with van der Waals surface area (Å²) >= 11 is 6.74. The number of nitriles is 1. The molecule has 0 radical (unpaired) electrons. The highest BCUT2D eigenvalue weighted by molar-refractivity contribution is 6.36. The lowest BCUT2D eigenvalue weighted by molar-refractivity contribution is -0.127. The van der Waals surface area contributed by atoms with Crippen LogP contribution in [0.5, 0.6) is 5.75 Å². The number of nitrogens with zero attached hydrogens (tertiary/aromatic N) is 5. The van der Waals surface area contributed by atoms with Gasteiger partial charge < -0.3 is 14.5 Å². The lowest BCUT2D eigenvalue weighted by Gasteiger charge is -2.42. The standard InChI is InChI=1S/C34H35ClFN5O3/c1-3-40-33(43)41(30-20-31(44-2)27(19-28(30)35)24-8-11-29(36)25(18-24)21-37)32(42)34(40)12-16-38(17-13-34)22-23-6-9-26(10-7-23)39-14-4-5-15-39/h6-11,18-20H,3-5,12-17,22H2,1-2H3. The summed E-state index contributed by atoms with van der Waals surface area (Å²) in [5.74, 6) is -0.572. The summed E-state index contributed by atoms with van der Waals surface area (Å²) in [5.41, 5.74) is 2.72. The number of anilines is 2. The molecule has 44 heavy (non-hydrogen) atoms. The van der Waals surface area contributed by atoms with Crippen molar-refractivity contribution in [2.24, 2.45) is 0 Å². The minimum Gasteiger partial charge on any atom is -0.496 e. The van der Waals surface area contributed by atoms with Crippen molar-refractivity contribution in [1.82, 2.24) is 9.80 Å². The Kier molecular flexibility index (Phi) is 8.23. The Labute approximate surface area is 262 Å². The van der Waals surface area contributed by atoms with Crippen LogP contribution in [0.3, 0.4) is 0 Å². The highest BCUT2D eigenvalue weighted by Gasteiger charge is 2.58. The van der Waals surface area contributed by atoms with Gasteiger partial charge in [-0.05, 0) is 74.1 Å². The number of urea groups is 1. The van der Waals surface area contributed by atoms with Crippen LogP contribution < -0.4 is 14.5 Å². The lowest BCUT2D eigenvalue weighted by Crippen LogP contribution is -2.56. The Hall–Kier alpha value is -4.13. The van der Waals surface area contributed by atoms with Crippen molar-refractivity contribution in [2.45, 2.75) is 44.7 Å². The first kappa shape index (κ1) is 29.9. The third-order valence-corrected chi connectivity index (χ3v) is 9.56. The Balaban J connectivity index is 1.22. The van der Waals surface area contributed by atoms with Crippen LogP contribution in [0.15, 0.2) is 54.6 Å². The maximum atomic E-state index is 14.2. The molecule has 3 aromatic carbocycles. The molecular formula is C34H35ClFN5O3. The number of ether oxygens (including phenoxy) is 1. The highest BCUT2D eigenvalue weighted by atomic mass is 35.5. The summed E-state index contributed by atoms with van der Waals surface area (Å²) < 4.78 is 19.6. The van der Waals surface area contributed by atoms with E-state index >= 15 is 0 Å². The van der Waals surface area contributed by atoms with Crippen LogP contribution in [-0.2, 0) is 11.3 Å².